The molecule has 0 radical (unpaired) electrons. The predicted molar refractivity (Wildman–Crippen MR) is 422 cm³/mol. The van der Waals surface area contributed by atoms with E-state index in [2.05, 4.69) is 224 Å². The molecule has 0 saturated carbocycles. The molecule has 0 aliphatic rings. The summed E-state index contributed by atoms with van der Waals surface area (Å²) in [4.78, 5) is 37.8. The minimum absolute atomic E-state index is 0. The average Bonchev–Trinajstić information content (AvgIpc) is 0.748. The number of hydrogen-bond acceptors (Lipinski definition) is 8. The van der Waals surface area contributed by atoms with Crippen LogP contribution in [-0.2, 0) is 34.1 Å². The Balaban J connectivity index is 0.000000258. The van der Waals surface area contributed by atoms with Crippen molar-refractivity contribution >= 4 is 129 Å². The maximum Gasteiger partial charge on any atom is 1.00 e. The molecule has 0 amide bonds. The molecule has 108 heavy (non-hydrogen) atoms. The van der Waals surface area contributed by atoms with Crippen molar-refractivity contribution in [1.82, 2.24) is 29.9 Å². The number of aliphatic imine (C=N–C) groups is 2. The minimum atomic E-state index is -10.7. The summed E-state index contributed by atoms with van der Waals surface area (Å²) in [6.07, 6.45) is 6.98. The standard InChI is InChI=1S/2C30H28N2.C18H14N4.2CH2Cl2.2Cu.2F6P/c2*1-17-13-19(3)27(20(4)14-17)25-11-9-23-7-8-24-10-12-26(32-30(24)29(23)31-25)28-21(5)15-18(2)16-22(28)6;1-3-11-19-17(5-1)13-21-15-7-9-16(10-8-15)22-14-18-6-2-4-12-20-18;2*2-1-3;;;2*1-7(2,3,4,5)6/h2*7-16H,1-6H3;1-14H;2*1H2;;;;/q;;;;;2*+1;2*-1. The van der Waals surface area contributed by atoms with E-state index in [0.29, 0.717) is 0 Å². The number of pyridine rings is 6. The number of rotatable bonds is 8. The van der Waals surface area contributed by atoms with E-state index in [-0.39, 0.29) is 44.8 Å². The van der Waals surface area contributed by atoms with Gasteiger partial charge in [-0.05, 0) is 200 Å². The molecule has 0 atom stereocenters. The van der Waals surface area contributed by atoms with Gasteiger partial charge in [0.1, 0.15) is 0 Å². The third-order valence-electron chi connectivity index (χ3n) is 15.7. The molecular formula is C80H74Cl4Cu2F12N8P2. The average molecular weight is 1710 g/mol. The first-order valence-corrected chi connectivity index (χ1v) is 38.6. The summed E-state index contributed by atoms with van der Waals surface area (Å²) >= 11 is 19.1. The van der Waals surface area contributed by atoms with Gasteiger partial charge in [-0.2, -0.15) is 0 Å². The van der Waals surface area contributed by atoms with E-state index in [9.17, 15) is 50.4 Å². The Morgan fingerprint density at radius 1 is 0.296 bits per heavy atom. The van der Waals surface area contributed by atoms with Gasteiger partial charge in [0, 0.05) is 56.2 Å². The normalized spacial score (nSPS) is 12.4. The fraction of sp³-hybridized carbons (Fsp3) is 0.175. The van der Waals surface area contributed by atoms with Crippen LogP contribution in [0.2, 0.25) is 0 Å². The Hall–Kier alpha value is -7.96. The molecule has 7 aromatic carbocycles. The number of fused-ring (bicyclic) bond motifs is 6. The van der Waals surface area contributed by atoms with Crippen LogP contribution in [0, 0.1) is 83.1 Å². The van der Waals surface area contributed by atoms with Crippen LogP contribution in [0.25, 0.3) is 88.6 Å². The zero-order valence-corrected chi connectivity index (χ0v) is 66.9. The van der Waals surface area contributed by atoms with Gasteiger partial charge in [-0.25, -0.2) is 19.9 Å². The van der Waals surface area contributed by atoms with E-state index >= 15 is 0 Å². The van der Waals surface area contributed by atoms with E-state index in [1.807, 2.05) is 60.7 Å². The Bertz CT molecular complexity index is 4710. The second kappa shape index (κ2) is 36.3. The maximum absolute atomic E-state index is 10.7. The van der Waals surface area contributed by atoms with Crippen molar-refractivity contribution in [3.05, 3.63) is 273 Å². The molecule has 0 aliphatic carbocycles. The van der Waals surface area contributed by atoms with Crippen LogP contribution in [0.4, 0.5) is 61.7 Å². The van der Waals surface area contributed by atoms with Gasteiger partial charge in [0.05, 0.1) is 90.7 Å². The minimum Gasteiger partial charge on any atom is 1.00 e. The predicted octanol–water partition coefficient (Wildman–Crippen LogP) is 29.5. The van der Waals surface area contributed by atoms with E-state index in [1.165, 1.54) is 89.0 Å². The molecule has 28 heteroatoms. The van der Waals surface area contributed by atoms with Crippen molar-refractivity contribution in [2.45, 2.75) is 83.1 Å². The second-order valence-electron chi connectivity index (χ2n) is 25.0. The summed E-state index contributed by atoms with van der Waals surface area (Å²) < 4.78 is 118. The quantitative estimate of drug-likeness (QED) is 0.0375. The van der Waals surface area contributed by atoms with Gasteiger partial charge >= 0.3 is 100 Å². The first kappa shape index (κ1) is 90.7. The molecule has 8 nitrogen and oxygen atoms in total. The molecule has 0 N–H and O–H groups in total. The topological polar surface area (TPSA) is 102 Å². The van der Waals surface area contributed by atoms with Crippen molar-refractivity contribution in [1.29, 1.82) is 0 Å². The Morgan fingerprint density at radius 3 is 0.657 bits per heavy atom. The zero-order valence-electron chi connectivity index (χ0n) is 60.2. The van der Waals surface area contributed by atoms with Crippen LogP contribution in [0.5, 0.6) is 0 Å². The molecule has 13 aromatic rings. The van der Waals surface area contributed by atoms with Gasteiger partial charge in [0.2, 0.25) is 0 Å². The monoisotopic (exact) mass is 1700 g/mol. The third kappa shape index (κ3) is 29.1. The number of halogens is 16. The van der Waals surface area contributed by atoms with Crippen LogP contribution >= 0.6 is 62.0 Å². The molecule has 0 fully saturated rings. The fourth-order valence-corrected chi connectivity index (χ4v) is 12.2. The first-order valence-electron chi connectivity index (χ1n) is 32.4. The van der Waals surface area contributed by atoms with Crippen molar-refractivity contribution < 1.29 is 84.5 Å². The molecule has 6 aromatic heterocycles. The third-order valence-corrected chi connectivity index (χ3v) is 15.7. The number of alkyl halides is 4. The van der Waals surface area contributed by atoms with Crippen LogP contribution < -0.4 is 0 Å². The van der Waals surface area contributed by atoms with Gasteiger partial charge < -0.3 is 0 Å². The van der Waals surface area contributed by atoms with Crippen LogP contribution in [0.1, 0.15) is 78.1 Å². The van der Waals surface area contributed by atoms with Crippen molar-refractivity contribution in [3.63, 3.8) is 0 Å². The van der Waals surface area contributed by atoms with Gasteiger partial charge in [-0.3, -0.25) is 20.0 Å². The van der Waals surface area contributed by atoms with Gasteiger partial charge in [0.25, 0.3) is 0 Å². The summed E-state index contributed by atoms with van der Waals surface area (Å²) in [5.41, 5.74) is 31.3. The smallest absolute Gasteiger partial charge is 1.00 e. The second-order valence-corrected chi connectivity index (χ2v) is 30.4. The van der Waals surface area contributed by atoms with Gasteiger partial charge in [-0.1, -0.05) is 131 Å². The van der Waals surface area contributed by atoms with E-state index < -0.39 is 15.6 Å². The Kier molecular flexibility index (Phi) is 30.4. The fourth-order valence-electron chi connectivity index (χ4n) is 12.2. The maximum atomic E-state index is 9.87. The zero-order chi connectivity index (χ0) is 78.4. The summed E-state index contributed by atoms with van der Waals surface area (Å²) in [6.45, 7) is 25.9. The summed E-state index contributed by atoms with van der Waals surface area (Å²) in [5.74, 6) is 0. The van der Waals surface area contributed by atoms with Crippen LogP contribution in [0.3, 0.4) is 0 Å². The molecule has 578 valence electrons. The molecule has 0 saturated heterocycles. The molecule has 0 spiro atoms. The number of hydrogen-bond donors (Lipinski definition) is 0. The summed E-state index contributed by atoms with van der Waals surface area (Å²) in [5, 5.41) is 4.85. The van der Waals surface area contributed by atoms with Crippen LogP contribution in [0.15, 0.2) is 204 Å². The number of benzene rings is 7. The van der Waals surface area contributed by atoms with Gasteiger partial charge in [0.15, 0.2) is 0 Å². The number of nitrogens with zero attached hydrogens (tertiary/aromatic N) is 8. The Labute approximate surface area is 660 Å². The van der Waals surface area contributed by atoms with Crippen molar-refractivity contribution in [2.75, 3.05) is 10.7 Å². The van der Waals surface area contributed by atoms with Crippen LogP contribution in [-0.4, -0.2) is 53.0 Å². The number of aromatic nitrogens is 6. The largest absolute Gasteiger partial charge is 1.00 e. The van der Waals surface area contributed by atoms with E-state index in [4.69, 9.17) is 66.3 Å². The molecule has 6 heterocycles. The Morgan fingerprint density at radius 2 is 0.481 bits per heavy atom. The van der Waals surface area contributed by atoms with Crippen molar-refractivity contribution in [3.8, 4) is 45.0 Å². The summed E-state index contributed by atoms with van der Waals surface area (Å²) in [6, 6.07) is 62.8. The van der Waals surface area contributed by atoms with E-state index in [1.54, 1.807) is 24.8 Å². The number of aryl methyl sites for hydroxylation is 12. The summed E-state index contributed by atoms with van der Waals surface area (Å²) in [7, 11) is -21.3. The molecule has 13 rings (SSSR count). The van der Waals surface area contributed by atoms with Gasteiger partial charge in [-0.15, -0.1) is 46.4 Å². The molecule has 0 bridgehead atoms. The van der Waals surface area contributed by atoms with E-state index in [0.717, 1.165) is 89.2 Å². The molecule has 0 unspecified atom stereocenters. The molecule has 0 aliphatic heterocycles. The first-order chi connectivity index (χ1) is 49.3. The molecular weight excluding hydrogens is 1630 g/mol. The SMILES string of the molecule is C(=Nc1ccc(N=Cc2ccccn2)cc1)c1ccccn1.Cc1cc(C)c(-c2ccc3ccc4ccc(-c5c(C)cc(C)cc5C)nc4c3n2)c(C)c1.Cc1cc(C)c(-c2ccc3ccc4ccc(-c5c(C)cc(C)cc5C)nc4c3n2)c(C)c1.ClCCl.ClCCl.F[P-](F)(F)(F)(F)F.F[P-](F)(F)(F)(F)F.[Cu+].[Cu+]. The van der Waals surface area contributed by atoms with Crippen molar-refractivity contribution in [2.24, 2.45) is 9.98 Å².